The number of allylic oxidation sites excluding steroid dienone is 1. The lowest BCUT2D eigenvalue weighted by Crippen LogP contribution is -2.12. The summed E-state index contributed by atoms with van der Waals surface area (Å²) in [5.41, 5.74) is 2.01. The van der Waals surface area contributed by atoms with E-state index in [1.165, 1.54) is 0 Å². The lowest BCUT2D eigenvalue weighted by Gasteiger charge is -2.21. The van der Waals surface area contributed by atoms with E-state index in [1.54, 1.807) is 12.1 Å². The van der Waals surface area contributed by atoms with E-state index in [0.29, 0.717) is 0 Å². The predicted molar refractivity (Wildman–Crippen MR) is 63.7 cm³/mol. The van der Waals surface area contributed by atoms with Crippen LogP contribution < -0.4 is 0 Å². The second-order valence-electron chi connectivity index (χ2n) is 5.05. The van der Waals surface area contributed by atoms with Gasteiger partial charge in [0.15, 0.2) is 0 Å². The third-order valence-corrected chi connectivity index (χ3v) is 2.67. The highest BCUT2D eigenvalue weighted by Gasteiger charge is 2.16. The average Bonchev–Trinajstić information content (AvgIpc) is 2.14. The Labute approximate surface area is 91.8 Å². The van der Waals surface area contributed by atoms with E-state index in [9.17, 15) is 4.39 Å². The molecule has 0 saturated heterocycles. The van der Waals surface area contributed by atoms with Gasteiger partial charge in [-0.15, -0.1) is 6.58 Å². The summed E-state index contributed by atoms with van der Waals surface area (Å²) < 4.78 is 13.4. The standard InChI is InChI=1S/C14H19F/c1-6-10(2)11-7-12(14(3,4)5)9-13(15)8-11/h6-10H,1H2,2-5H3. The Morgan fingerprint density at radius 2 is 1.87 bits per heavy atom. The fraction of sp³-hybridized carbons (Fsp3) is 0.429. The van der Waals surface area contributed by atoms with Crippen molar-refractivity contribution in [3.63, 3.8) is 0 Å². The summed E-state index contributed by atoms with van der Waals surface area (Å²) in [4.78, 5) is 0. The summed E-state index contributed by atoms with van der Waals surface area (Å²) in [5.74, 6) is 0.0351. The Morgan fingerprint density at radius 1 is 1.27 bits per heavy atom. The molecule has 0 N–H and O–H groups in total. The van der Waals surface area contributed by atoms with Gasteiger partial charge in [0.25, 0.3) is 0 Å². The number of rotatable bonds is 2. The van der Waals surface area contributed by atoms with Gasteiger partial charge in [0.2, 0.25) is 0 Å². The Balaban J connectivity index is 3.22. The molecule has 0 aliphatic rings. The van der Waals surface area contributed by atoms with E-state index in [0.717, 1.165) is 11.1 Å². The van der Waals surface area contributed by atoms with Gasteiger partial charge in [-0.3, -0.25) is 0 Å². The lowest BCUT2D eigenvalue weighted by molar-refractivity contribution is 0.569. The van der Waals surface area contributed by atoms with Gasteiger partial charge < -0.3 is 0 Å². The molecule has 1 aromatic carbocycles. The van der Waals surface area contributed by atoms with Crippen molar-refractivity contribution in [1.82, 2.24) is 0 Å². The van der Waals surface area contributed by atoms with E-state index in [2.05, 4.69) is 33.4 Å². The van der Waals surface area contributed by atoms with Gasteiger partial charge in [-0.1, -0.05) is 39.8 Å². The largest absolute Gasteiger partial charge is 0.207 e. The molecule has 0 aromatic heterocycles. The van der Waals surface area contributed by atoms with Crippen LogP contribution in [0.25, 0.3) is 0 Å². The van der Waals surface area contributed by atoms with Gasteiger partial charge >= 0.3 is 0 Å². The second kappa shape index (κ2) is 4.18. The van der Waals surface area contributed by atoms with Gasteiger partial charge in [0.05, 0.1) is 0 Å². The maximum absolute atomic E-state index is 13.4. The molecule has 82 valence electrons. The lowest BCUT2D eigenvalue weighted by atomic mass is 9.84. The highest BCUT2D eigenvalue weighted by molar-refractivity contribution is 5.32. The Morgan fingerprint density at radius 3 is 2.33 bits per heavy atom. The molecule has 1 heteroatoms. The zero-order valence-corrected chi connectivity index (χ0v) is 9.97. The topological polar surface area (TPSA) is 0 Å². The van der Waals surface area contributed by atoms with E-state index < -0.39 is 0 Å². The van der Waals surface area contributed by atoms with E-state index >= 15 is 0 Å². The SMILES string of the molecule is C=CC(C)c1cc(F)cc(C(C)(C)C)c1. The normalized spacial score (nSPS) is 13.7. The summed E-state index contributed by atoms with van der Waals surface area (Å²) in [7, 11) is 0. The zero-order valence-electron chi connectivity index (χ0n) is 9.97. The average molecular weight is 206 g/mol. The van der Waals surface area contributed by atoms with E-state index in [-0.39, 0.29) is 17.2 Å². The van der Waals surface area contributed by atoms with Crippen LogP contribution in [0.4, 0.5) is 4.39 Å². The summed E-state index contributed by atoms with van der Waals surface area (Å²) in [6.07, 6.45) is 1.83. The molecule has 1 atom stereocenters. The van der Waals surface area contributed by atoms with Crippen LogP contribution >= 0.6 is 0 Å². The van der Waals surface area contributed by atoms with Crippen molar-refractivity contribution >= 4 is 0 Å². The van der Waals surface area contributed by atoms with Crippen LogP contribution in [0.1, 0.15) is 44.7 Å². The first-order chi connectivity index (χ1) is 6.84. The molecular formula is C14H19F. The number of hydrogen-bond acceptors (Lipinski definition) is 0. The van der Waals surface area contributed by atoms with Crippen LogP contribution in [0.3, 0.4) is 0 Å². The first-order valence-corrected chi connectivity index (χ1v) is 5.28. The third-order valence-electron chi connectivity index (χ3n) is 2.67. The van der Waals surface area contributed by atoms with Crippen LogP contribution in [0.5, 0.6) is 0 Å². The molecule has 0 nitrogen and oxygen atoms in total. The smallest absolute Gasteiger partial charge is 0.123 e. The summed E-state index contributed by atoms with van der Waals surface area (Å²) >= 11 is 0. The van der Waals surface area contributed by atoms with E-state index in [1.807, 2.05) is 13.0 Å². The van der Waals surface area contributed by atoms with Gasteiger partial charge in [-0.05, 0) is 34.6 Å². The minimum Gasteiger partial charge on any atom is -0.207 e. The zero-order chi connectivity index (χ0) is 11.6. The summed E-state index contributed by atoms with van der Waals surface area (Å²) in [6, 6.07) is 5.26. The molecule has 0 spiro atoms. The van der Waals surface area contributed by atoms with Gasteiger partial charge in [-0.2, -0.15) is 0 Å². The second-order valence-corrected chi connectivity index (χ2v) is 5.05. The molecule has 0 aliphatic heterocycles. The van der Waals surface area contributed by atoms with Crippen molar-refractivity contribution in [2.24, 2.45) is 0 Å². The van der Waals surface area contributed by atoms with Crippen molar-refractivity contribution in [3.8, 4) is 0 Å². The first kappa shape index (κ1) is 12.0. The highest BCUT2D eigenvalue weighted by atomic mass is 19.1. The molecule has 0 saturated carbocycles. The molecule has 15 heavy (non-hydrogen) atoms. The van der Waals surface area contributed by atoms with Crippen molar-refractivity contribution in [2.75, 3.05) is 0 Å². The molecule has 1 rings (SSSR count). The maximum atomic E-state index is 13.4. The van der Waals surface area contributed by atoms with Gasteiger partial charge in [0, 0.05) is 0 Å². The van der Waals surface area contributed by atoms with Crippen molar-refractivity contribution in [1.29, 1.82) is 0 Å². The molecule has 1 aromatic rings. The maximum Gasteiger partial charge on any atom is 0.123 e. The molecule has 1 unspecified atom stereocenters. The highest BCUT2D eigenvalue weighted by Crippen LogP contribution is 2.27. The minimum atomic E-state index is -0.161. The molecule has 0 aliphatic carbocycles. The fourth-order valence-corrected chi connectivity index (χ4v) is 1.44. The van der Waals surface area contributed by atoms with Gasteiger partial charge in [-0.25, -0.2) is 4.39 Å². The summed E-state index contributed by atoms with van der Waals surface area (Å²) in [6.45, 7) is 12.0. The number of halogens is 1. The molecule has 0 bridgehead atoms. The van der Waals surface area contributed by atoms with Crippen molar-refractivity contribution in [2.45, 2.75) is 39.0 Å². The van der Waals surface area contributed by atoms with Crippen LogP contribution in [-0.2, 0) is 5.41 Å². The number of hydrogen-bond donors (Lipinski definition) is 0. The quantitative estimate of drug-likeness (QED) is 0.629. The summed E-state index contributed by atoms with van der Waals surface area (Å²) in [5, 5.41) is 0. The predicted octanol–water partition coefficient (Wildman–Crippen LogP) is 4.41. The molecule has 0 heterocycles. The van der Waals surface area contributed by atoms with Gasteiger partial charge in [0.1, 0.15) is 5.82 Å². The Hall–Kier alpha value is -1.11. The fourth-order valence-electron chi connectivity index (χ4n) is 1.44. The Bertz CT molecular complexity index is 358. The molecule has 0 fully saturated rings. The van der Waals surface area contributed by atoms with Crippen molar-refractivity contribution < 1.29 is 4.39 Å². The first-order valence-electron chi connectivity index (χ1n) is 5.28. The number of benzene rings is 1. The molecule has 0 radical (unpaired) electrons. The van der Waals surface area contributed by atoms with Crippen molar-refractivity contribution in [3.05, 3.63) is 47.8 Å². The monoisotopic (exact) mass is 206 g/mol. The van der Waals surface area contributed by atoms with E-state index in [4.69, 9.17) is 0 Å². The molecule has 0 amide bonds. The third kappa shape index (κ3) is 2.92. The molecular weight excluding hydrogens is 187 g/mol. The Kier molecular flexibility index (Phi) is 3.33. The van der Waals surface area contributed by atoms with Crippen LogP contribution in [0.2, 0.25) is 0 Å². The van der Waals surface area contributed by atoms with Crippen LogP contribution in [0, 0.1) is 5.82 Å². The van der Waals surface area contributed by atoms with Crippen LogP contribution in [-0.4, -0.2) is 0 Å². The minimum absolute atomic E-state index is 0.0161. The van der Waals surface area contributed by atoms with Crippen LogP contribution in [0.15, 0.2) is 30.9 Å².